The van der Waals surface area contributed by atoms with Crippen LogP contribution in [0.4, 0.5) is 11.4 Å². The van der Waals surface area contributed by atoms with Gasteiger partial charge in [0.2, 0.25) is 5.88 Å². The molecule has 0 spiro atoms. The fourth-order valence-electron chi connectivity index (χ4n) is 2.84. The van der Waals surface area contributed by atoms with Gasteiger partial charge in [-0.05, 0) is 38.1 Å². The van der Waals surface area contributed by atoms with E-state index >= 15 is 0 Å². The maximum Gasteiger partial charge on any atom is 0.338 e. The van der Waals surface area contributed by atoms with Crippen LogP contribution in [0.3, 0.4) is 0 Å². The van der Waals surface area contributed by atoms with Crippen molar-refractivity contribution in [2.45, 2.75) is 18.7 Å². The lowest BCUT2D eigenvalue weighted by molar-refractivity contribution is -0.597. The molecule has 1 aromatic carbocycles. The molecule has 0 aliphatic heterocycles. The summed E-state index contributed by atoms with van der Waals surface area (Å²) in [6.45, 7) is 3.46. The summed E-state index contributed by atoms with van der Waals surface area (Å²) in [6, 6.07) is 7.72. The first-order valence-electron chi connectivity index (χ1n) is 8.69. The van der Waals surface area contributed by atoms with Crippen LogP contribution in [0.5, 0.6) is 5.88 Å². The van der Waals surface area contributed by atoms with Crippen molar-refractivity contribution in [1.29, 1.82) is 0 Å². The molecule has 2 heterocycles. The summed E-state index contributed by atoms with van der Waals surface area (Å²) < 4.78 is 5.88. The SMILES string of the molecule is Cc1ccc[n+](-c2c(C)c(N=Nc3ccc(SOOO)cc3C(=O)O)c(O)[nH]c2=O)c1. The standard InChI is InChI=1S/C19H16N4O7S/c1-10-4-3-7-23(9-10)16-11(2)15(17(24)20-18(16)25)22-21-14-6-5-12(31-30-29-28)8-13(14)19(26)27/h3-9H,1-2H3,(H3-,20,24,25,26,27,28)/p+1. The van der Waals surface area contributed by atoms with E-state index < -0.39 is 17.4 Å². The van der Waals surface area contributed by atoms with E-state index in [9.17, 15) is 19.8 Å². The number of aromatic hydroxyl groups is 1. The Morgan fingerprint density at radius 2 is 2.00 bits per heavy atom. The molecule has 0 aliphatic rings. The minimum atomic E-state index is -1.28. The summed E-state index contributed by atoms with van der Waals surface area (Å²) in [7, 11) is 0. The van der Waals surface area contributed by atoms with E-state index in [4.69, 9.17) is 5.26 Å². The van der Waals surface area contributed by atoms with Crippen molar-refractivity contribution in [3.8, 4) is 11.6 Å². The maximum absolute atomic E-state index is 12.4. The van der Waals surface area contributed by atoms with Crippen LogP contribution in [0.25, 0.3) is 5.69 Å². The summed E-state index contributed by atoms with van der Waals surface area (Å²) in [5.74, 6) is -1.78. The molecule has 0 aliphatic carbocycles. The maximum atomic E-state index is 12.4. The number of pyridine rings is 2. The van der Waals surface area contributed by atoms with Gasteiger partial charge in [-0.1, -0.05) is 5.04 Å². The number of nitrogens with one attached hydrogen (secondary N) is 1. The molecule has 0 saturated carbocycles. The molecule has 31 heavy (non-hydrogen) atoms. The van der Waals surface area contributed by atoms with Crippen LogP contribution in [0.2, 0.25) is 0 Å². The third-order valence-electron chi connectivity index (χ3n) is 4.21. The number of H-pyrrole nitrogens is 1. The third-order valence-corrected chi connectivity index (χ3v) is 4.78. The van der Waals surface area contributed by atoms with Crippen LogP contribution in [-0.4, -0.2) is 26.4 Å². The molecule has 0 unspecified atom stereocenters. The zero-order valence-electron chi connectivity index (χ0n) is 16.3. The molecule has 12 heteroatoms. The Kier molecular flexibility index (Phi) is 6.77. The zero-order chi connectivity index (χ0) is 22.5. The Balaban J connectivity index is 2.06. The average molecular weight is 445 g/mol. The molecule has 0 fully saturated rings. The molecule has 0 radical (unpaired) electrons. The second-order valence-electron chi connectivity index (χ2n) is 6.32. The van der Waals surface area contributed by atoms with Crippen molar-refractivity contribution < 1.29 is 34.2 Å². The van der Waals surface area contributed by atoms with Crippen LogP contribution in [0, 0.1) is 13.8 Å². The van der Waals surface area contributed by atoms with E-state index in [-0.39, 0.29) is 22.6 Å². The third kappa shape index (κ3) is 4.95. The van der Waals surface area contributed by atoms with Gasteiger partial charge in [-0.25, -0.2) is 10.1 Å². The summed E-state index contributed by atoms with van der Waals surface area (Å²) in [5.41, 5.74) is 0.748. The number of benzene rings is 1. The second-order valence-corrected chi connectivity index (χ2v) is 7.10. The molecule has 0 saturated heterocycles. The summed E-state index contributed by atoms with van der Waals surface area (Å²) in [6.07, 6.45) is 3.42. The Labute approximate surface area is 179 Å². The number of hydrogen-bond acceptors (Lipinski definition) is 9. The van der Waals surface area contributed by atoms with E-state index in [0.29, 0.717) is 22.5 Å². The quantitative estimate of drug-likeness (QED) is 0.141. The number of aromatic nitrogens is 2. The topological polar surface area (TPSA) is 158 Å². The second kappa shape index (κ2) is 9.49. The lowest BCUT2D eigenvalue weighted by Gasteiger charge is -2.06. The van der Waals surface area contributed by atoms with Gasteiger partial charge in [-0.3, -0.25) is 9.78 Å². The van der Waals surface area contributed by atoms with Crippen molar-refractivity contribution in [3.05, 3.63) is 69.8 Å². The highest BCUT2D eigenvalue weighted by Gasteiger charge is 2.22. The number of hydrogen-bond donors (Lipinski definition) is 4. The van der Waals surface area contributed by atoms with E-state index in [1.807, 2.05) is 13.0 Å². The minimum Gasteiger partial charge on any atom is -0.493 e. The minimum absolute atomic E-state index is 0.00322. The van der Waals surface area contributed by atoms with Gasteiger partial charge < -0.3 is 10.2 Å². The largest absolute Gasteiger partial charge is 0.493 e. The predicted molar refractivity (Wildman–Crippen MR) is 108 cm³/mol. The van der Waals surface area contributed by atoms with Gasteiger partial charge in [-0.15, -0.1) is 14.6 Å². The van der Waals surface area contributed by atoms with Gasteiger partial charge in [0.1, 0.15) is 5.69 Å². The average Bonchev–Trinajstić information content (AvgIpc) is 2.72. The number of carbonyl (C=O) groups is 1. The molecular weight excluding hydrogens is 428 g/mol. The first-order valence-corrected chi connectivity index (χ1v) is 9.44. The van der Waals surface area contributed by atoms with Crippen molar-refractivity contribution >= 4 is 29.4 Å². The first-order chi connectivity index (χ1) is 14.8. The van der Waals surface area contributed by atoms with Crippen molar-refractivity contribution in [1.82, 2.24) is 4.98 Å². The van der Waals surface area contributed by atoms with E-state index in [1.165, 1.54) is 18.2 Å². The molecule has 0 atom stereocenters. The smallest absolute Gasteiger partial charge is 0.338 e. The number of aryl methyl sites for hydroxylation is 1. The number of azo groups is 1. The fraction of sp³-hybridized carbons (Fsp3) is 0.105. The lowest BCUT2D eigenvalue weighted by Crippen LogP contribution is -2.38. The van der Waals surface area contributed by atoms with E-state index in [1.54, 1.807) is 30.0 Å². The molecule has 160 valence electrons. The van der Waals surface area contributed by atoms with Gasteiger partial charge in [0.25, 0.3) is 5.69 Å². The van der Waals surface area contributed by atoms with Gasteiger partial charge in [0.15, 0.2) is 18.1 Å². The number of aromatic amines is 1. The number of nitrogens with zero attached hydrogens (tertiary/aromatic N) is 3. The molecule has 0 bridgehead atoms. The number of carboxylic acids is 1. The highest BCUT2D eigenvalue weighted by atomic mass is 32.2. The number of carboxylic acid groups (broad SMARTS) is 1. The molecule has 11 nitrogen and oxygen atoms in total. The number of rotatable bonds is 7. The molecule has 4 N–H and O–H groups in total. The van der Waals surface area contributed by atoms with Crippen molar-refractivity contribution in [2.75, 3.05) is 0 Å². The summed E-state index contributed by atoms with van der Waals surface area (Å²) >= 11 is 0.592. The first kappa shape index (κ1) is 22.1. The van der Waals surface area contributed by atoms with Crippen molar-refractivity contribution in [2.24, 2.45) is 10.2 Å². The predicted octanol–water partition coefficient (Wildman–Crippen LogP) is 3.52. The van der Waals surface area contributed by atoms with Crippen LogP contribution in [-0.2, 0) is 9.37 Å². The summed E-state index contributed by atoms with van der Waals surface area (Å²) in [5, 5.41) is 39.3. The van der Waals surface area contributed by atoms with Gasteiger partial charge in [0, 0.05) is 16.5 Å². The van der Waals surface area contributed by atoms with Gasteiger partial charge in [0.05, 0.1) is 23.2 Å². The van der Waals surface area contributed by atoms with Crippen LogP contribution in [0.1, 0.15) is 21.5 Å². The number of aromatic carboxylic acids is 1. The Hall–Kier alpha value is -3.58. The summed E-state index contributed by atoms with van der Waals surface area (Å²) in [4.78, 5) is 26.7. The van der Waals surface area contributed by atoms with E-state index in [0.717, 1.165) is 5.56 Å². The molecule has 0 amide bonds. The van der Waals surface area contributed by atoms with E-state index in [2.05, 4.69) is 24.6 Å². The molecule has 3 aromatic rings. The lowest BCUT2D eigenvalue weighted by atomic mass is 10.2. The Morgan fingerprint density at radius 3 is 2.68 bits per heavy atom. The van der Waals surface area contributed by atoms with Crippen LogP contribution < -0.4 is 10.1 Å². The van der Waals surface area contributed by atoms with Gasteiger partial charge in [-0.2, -0.15) is 4.57 Å². The fourth-order valence-corrected chi connectivity index (χ4v) is 3.23. The Bertz CT molecular complexity index is 1230. The van der Waals surface area contributed by atoms with Crippen LogP contribution >= 0.6 is 12.0 Å². The highest BCUT2D eigenvalue weighted by Crippen LogP contribution is 2.32. The normalized spacial score (nSPS) is 11.2. The van der Waals surface area contributed by atoms with Gasteiger partial charge >= 0.3 is 11.5 Å². The highest BCUT2D eigenvalue weighted by molar-refractivity contribution is 7.94. The van der Waals surface area contributed by atoms with Crippen LogP contribution in [0.15, 0.2) is 62.6 Å². The van der Waals surface area contributed by atoms with Crippen molar-refractivity contribution in [3.63, 3.8) is 0 Å². The molecule has 3 rings (SSSR count). The zero-order valence-corrected chi connectivity index (χ0v) is 17.1. The molecule has 2 aromatic heterocycles. The monoisotopic (exact) mass is 445 g/mol. The Morgan fingerprint density at radius 1 is 1.23 bits per heavy atom. The molecular formula is C19H17N4O7S+.